The number of thioether (sulfide) groups is 1. The van der Waals surface area contributed by atoms with E-state index in [0.29, 0.717) is 11.6 Å². The monoisotopic (exact) mass is 266 g/mol. The first-order valence-electron chi connectivity index (χ1n) is 7.85. The number of amidine groups is 1. The van der Waals surface area contributed by atoms with E-state index in [1.807, 2.05) is 11.8 Å². The van der Waals surface area contributed by atoms with Crippen LogP contribution in [0.2, 0.25) is 0 Å². The van der Waals surface area contributed by atoms with Gasteiger partial charge in [0, 0.05) is 11.3 Å². The van der Waals surface area contributed by atoms with Crippen molar-refractivity contribution in [3.8, 4) is 0 Å². The van der Waals surface area contributed by atoms with Crippen LogP contribution in [0.25, 0.3) is 0 Å². The molecule has 1 heterocycles. The molecule has 2 aliphatic carbocycles. The fourth-order valence-corrected chi connectivity index (χ4v) is 4.91. The Kier molecular flexibility index (Phi) is 4.17. The van der Waals surface area contributed by atoms with Gasteiger partial charge in [0.05, 0.1) is 6.04 Å². The summed E-state index contributed by atoms with van der Waals surface area (Å²) >= 11 is 1.98. The number of hydrogen-bond donors (Lipinski definition) is 1. The van der Waals surface area contributed by atoms with E-state index in [9.17, 15) is 0 Å². The third-order valence-electron chi connectivity index (χ3n) is 4.79. The molecule has 3 aliphatic rings. The minimum absolute atomic E-state index is 0.436. The number of nitrogens with zero attached hydrogens (tertiary/aromatic N) is 1. The first-order chi connectivity index (χ1) is 8.86. The van der Waals surface area contributed by atoms with Crippen molar-refractivity contribution in [3.05, 3.63) is 0 Å². The summed E-state index contributed by atoms with van der Waals surface area (Å²) < 4.78 is 0. The van der Waals surface area contributed by atoms with Gasteiger partial charge in [-0.15, -0.1) is 0 Å². The van der Waals surface area contributed by atoms with Crippen LogP contribution in [0.1, 0.15) is 70.6 Å². The van der Waals surface area contributed by atoms with Gasteiger partial charge >= 0.3 is 0 Å². The molecule has 0 aromatic carbocycles. The van der Waals surface area contributed by atoms with Gasteiger partial charge in [-0.05, 0) is 25.7 Å². The van der Waals surface area contributed by atoms with E-state index in [1.54, 1.807) is 0 Å². The highest BCUT2D eigenvalue weighted by molar-refractivity contribution is 8.14. The van der Waals surface area contributed by atoms with Crippen molar-refractivity contribution in [3.63, 3.8) is 0 Å². The fraction of sp³-hybridized carbons (Fsp3) is 0.933. The van der Waals surface area contributed by atoms with Crippen molar-refractivity contribution in [2.75, 3.05) is 5.75 Å². The van der Waals surface area contributed by atoms with E-state index in [-0.39, 0.29) is 0 Å². The summed E-state index contributed by atoms with van der Waals surface area (Å²) in [7, 11) is 0. The molecular formula is C15H26N2S. The zero-order valence-electron chi connectivity index (χ0n) is 11.4. The molecule has 1 saturated heterocycles. The van der Waals surface area contributed by atoms with Gasteiger partial charge < -0.3 is 5.32 Å². The van der Waals surface area contributed by atoms with Crippen LogP contribution in [0, 0.1) is 0 Å². The Hall–Kier alpha value is -0.180. The minimum Gasteiger partial charge on any atom is -0.359 e. The second-order valence-electron chi connectivity index (χ2n) is 6.33. The number of aliphatic imine (C=N–C) groups is 1. The van der Waals surface area contributed by atoms with Crippen LogP contribution in [0.5, 0.6) is 0 Å². The maximum atomic E-state index is 5.02. The molecule has 1 aliphatic heterocycles. The fourth-order valence-electron chi connectivity index (χ4n) is 3.63. The number of nitrogens with one attached hydrogen (secondary N) is 1. The van der Waals surface area contributed by atoms with Crippen molar-refractivity contribution < 1.29 is 0 Å². The molecule has 3 fully saturated rings. The van der Waals surface area contributed by atoms with Crippen molar-refractivity contribution in [1.82, 2.24) is 5.32 Å². The summed E-state index contributed by atoms with van der Waals surface area (Å²) in [5.41, 5.74) is 0.436. The Labute approximate surface area is 115 Å². The second-order valence-corrected chi connectivity index (χ2v) is 7.30. The van der Waals surface area contributed by atoms with Gasteiger partial charge in [0.1, 0.15) is 0 Å². The molecule has 3 heteroatoms. The van der Waals surface area contributed by atoms with Crippen molar-refractivity contribution >= 4 is 16.9 Å². The quantitative estimate of drug-likeness (QED) is 0.772. The van der Waals surface area contributed by atoms with Crippen molar-refractivity contribution in [1.29, 1.82) is 0 Å². The Morgan fingerprint density at radius 3 is 2.33 bits per heavy atom. The van der Waals surface area contributed by atoms with Gasteiger partial charge in [-0.1, -0.05) is 56.7 Å². The summed E-state index contributed by atoms with van der Waals surface area (Å²) in [4.78, 5) is 5.02. The molecule has 0 aromatic heterocycles. The number of rotatable bonds is 1. The SMILES string of the molecule is C1CCCC(N=C2NC3(CCCC3)CS2)CCC1. The Balaban J connectivity index is 1.58. The third kappa shape index (κ3) is 3.04. The lowest BCUT2D eigenvalue weighted by atomic mass is 9.97. The molecule has 1 N–H and O–H groups in total. The lowest BCUT2D eigenvalue weighted by Gasteiger charge is -2.22. The normalized spacial score (nSPS) is 31.4. The minimum atomic E-state index is 0.436. The molecule has 0 atom stereocenters. The maximum Gasteiger partial charge on any atom is 0.157 e. The molecule has 18 heavy (non-hydrogen) atoms. The Morgan fingerprint density at radius 1 is 0.944 bits per heavy atom. The largest absolute Gasteiger partial charge is 0.359 e. The first kappa shape index (κ1) is 12.8. The van der Waals surface area contributed by atoms with E-state index in [1.165, 1.54) is 81.5 Å². The average molecular weight is 266 g/mol. The Morgan fingerprint density at radius 2 is 1.61 bits per heavy atom. The average Bonchev–Trinajstić information content (AvgIpc) is 2.94. The standard InChI is InChI=1S/C15H26N2S/c1-2-4-8-13(9-5-3-1)16-14-17-15(12-18-14)10-6-7-11-15/h13H,1-12H2,(H,16,17). The van der Waals surface area contributed by atoms with Crippen LogP contribution in [0.4, 0.5) is 0 Å². The highest BCUT2D eigenvalue weighted by atomic mass is 32.2. The molecule has 2 nitrogen and oxygen atoms in total. The molecule has 3 rings (SSSR count). The summed E-state index contributed by atoms with van der Waals surface area (Å²) in [6.07, 6.45) is 15.2. The van der Waals surface area contributed by atoms with Crippen LogP contribution in [0.3, 0.4) is 0 Å². The lowest BCUT2D eigenvalue weighted by Crippen LogP contribution is -2.41. The van der Waals surface area contributed by atoms with Gasteiger partial charge in [0.25, 0.3) is 0 Å². The van der Waals surface area contributed by atoms with Gasteiger partial charge in [0.2, 0.25) is 0 Å². The smallest absolute Gasteiger partial charge is 0.157 e. The van der Waals surface area contributed by atoms with E-state index in [4.69, 9.17) is 4.99 Å². The van der Waals surface area contributed by atoms with Crippen molar-refractivity contribution in [2.45, 2.75) is 82.2 Å². The van der Waals surface area contributed by atoms with Crippen LogP contribution < -0.4 is 5.32 Å². The number of hydrogen-bond acceptors (Lipinski definition) is 2. The van der Waals surface area contributed by atoms with Gasteiger partial charge in [0.15, 0.2) is 5.17 Å². The molecule has 102 valence electrons. The van der Waals surface area contributed by atoms with Gasteiger partial charge in [-0.2, -0.15) is 0 Å². The third-order valence-corrected chi connectivity index (χ3v) is 5.97. The molecule has 1 spiro atoms. The maximum absolute atomic E-state index is 5.02. The molecular weight excluding hydrogens is 240 g/mol. The summed E-state index contributed by atoms with van der Waals surface area (Å²) in [6, 6.07) is 0.608. The van der Waals surface area contributed by atoms with Crippen LogP contribution in [0.15, 0.2) is 4.99 Å². The first-order valence-corrected chi connectivity index (χ1v) is 8.84. The zero-order chi connectivity index (χ0) is 12.3. The molecule has 0 bridgehead atoms. The molecule has 2 saturated carbocycles. The molecule has 0 aromatic rings. The highest BCUT2D eigenvalue weighted by Gasteiger charge is 2.39. The summed E-state index contributed by atoms with van der Waals surface area (Å²) in [6.45, 7) is 0. The predicted octanol–water partition coefficient (Wildman–Crippen LogP) is 4.10. The van der Waals surface area contributed by atoms with Crippen LogP contribution in [-0.2, 0) is 0 Å². The molecule has 0 amide bonds. The predicted molar refractivity (Wildman–Crippen MR) is 80.3 cm³/mol. The zero-order valence-corrected chi connectivity index (χ0v) is 12.2. The van der Waals surface area contributed by atoms with Gasteiger partial charge in [-0.3, -0.25) is 4.99 Å². The van der Waals surface area contributed by atoms with E-state index in [2.05, 4.69) is 5.32 Å². The van der Waals surface area contributed by atoms with E-state index in [0.717, 1.165) is 0 Å². The van der Waals surface area contributed by atoms with Crippen LogP contribution in [-0.4, -0.2) is 22.5 Å². The summed E-state index contributed by atoms with van der Waals surface area (Å²) in [5, 5.41) is 5.03. The van der Waals surface area contributed by atoms with Crippen LogP contribution >= 0.6 is 11.8 Å². The lowest BCUT2D eigenvalue weighted by molar-refractivity contribution is 0.440. The second kappa shape index (κ2) is 5.85. The molecule has 0 radical (unpaired) electrons. The van der Waals surface area contributed by atoms with E-state index < -0.39 is 0 Å². The molecule has 0 unspecified atom stereocenters. The van der Waals surface area contributed by atoms with E-state index >= 15 is 0 Å². The topological polar surface area (TPSA) is 24.4 Å². The van der Waals surface area contributed by atoms with Crippen molar-refractivity contribution in [2.24, 2.45) is 4.99 Å². The Bertz CT molecular complexity index is 300. The summed E-state index contributed by atoms with van der Waals surface area (Å²) in [5.74, 6) is 1.26. The van der Waals surface area contributed by atoms with Gasteiger partial charge in [-0.25, -0.2) is 0 Å². The highest BCUT2D eigenvalue weighted by Crippen LogP contribution is 2.37.